The van der Waals surface area contributed by atoms with Crippen molar-refractivity contribution in [2.24, 2.45) is 0 Å². The van der Waals surface area contributed by atoms with Gasteiger partial charge in [0.25, 0.3) is 5.91 Å². The molecule has 0 saturated carbocycles. The topological polar surface area (TPSA) is 42.4 Å². The Morgan fingerprint density at radius 1 is 1.12 bits per heavy atom. The molecule has 5 heteroatoms. The van der Waals surface area contributed by atoms with Gasteiger partial charge in [0.1, 0.15) is 11.6 Å². The van der Waals surface area contributed by atoms with Crippen molar-refractivity contribution in [3.63, 3.8) is 0 Å². The number of hydrogen-bond acceptors (Lipinski definition) is 3. The monoisotopic (exact) mass is 336 g/mol. The molecular formula is C20H17FN2O2. The molecule has 1 heterocycles. The van der Waals surface area contributed by atoms with Crippen molar-refractivity contribution < 1.29 is 13.9 Å². The Labute approximate surface area is 145 Å². The van der Waals surface area contributed by atoms with Gasteiger partial charge in [-0.1, -0.05) is 12.1 Å². The maximum atomic E-state index is 13.7. The van der Waals surface area contributed by atoms with Gasteiger partial charge in [-0.3, -0.25) is 9.78 Å². The highest BCUT2D eigenvalue weighted by molar-refractivity contribution is 6.06. The first kappa shape index (κ1) is 16.6. The lowest BCUT2D eigenvalue weighted by molar-refractivity contribution is 0.0985. The number of benzene rings is 2. The van der Waals surface area contributed by atoms with E-state index in [1.165, 1.54) is 17.0 Å². The third-order valence-corrected chi connectivity index (χ3v) is 3.77. The number of anilines is 1. The molecule has 0 aliphatic carbocycles. The van der Waals surface area contributed by atoms with Crippen molar-refractivity contribution in [2.45, 2.75) is 6.54 Å². The van der Waals surface area contributed by atoms with E-state index >= 15 is 0 Å². The van der Waals surface area contributed by atoms with Crippen LogP contribution in [0, 0.1) is 5.82 Å². The number of nitrogens with zero attached hydrogens (tertiary/aromatic N) is 2. The highest BCUT2D eigenvalue weighted by Crippen LogP contribution is 2.22. The van der Waals surface area contributed by atoms with Crippen LogP contribution >= 0.6 is 0 Å². The molecule has 3 aromatic rings. The summed E-state index contributed by atoms with van der Waals surface area (Å²) < 4.78 is 18.8. The van der Waals surface area contributed by atoms with E-state index in [-0.39, 0.29) is 5.91 Å². The van der Waals surface area contributed by atoms with Crippen molar-refractivity contribution in [3.8, 4) is 5.75 Å². The summed E-state index contributed by atoms with van der Waals surface area (Å²) in [5.74, 6) is 0.0504. The maximum Gasteiger partial charge on any atom is 0.258 e. The second-order valence-corrected chi connectivity index (χ2v) is 5.46. The molecule has 126 valence electrons. The van der Waals surface area contributed by atoms with Gasteiger partial charge in [-0.05, 0) is 54.1 Å². The third kappa shape index (κ3) is 4.01. The molecule has 0 N–H and O–H groups in total. The van der Waals surface area contributed by atoms with Crippen LogP contribution in [0.25, 0.3) is 0 Å². The van der Waals surface area contributed by atoms with Crippen LogP contribution in [0.3, 0.4) is 0 Å². The largest absolute Gasteiger partial charge is 0.497 e. The van der Waals surface area contributed by atoms with Crippen molar-refractivity contribution in [3.05, 3.63) is 90.0 Å². The Morgan fingerprint density at radius 2 is 1.92 bits per heavy atom. The van der Waals surface area contributed by atoms with E-state index in [0.29, 0.717) is 23.5 Å². The van der Waals surface area contributed by atoms with Gasteiger partial charge in [0.2, 0.25) is 0 Å². The number of hydrogen-bond donors (Lipinski definition) is 0. The van der Waals surface area contributed by atoms with Gasteiger partial charge in [0.05, 0.1) is 13.7 Å². The van der Waals surface area contributed by atoms with E-state index in [2.05, 4.69) is 4.98 Å². The van der Waals surface area contributed by atoms with E-state index in [1.807, 2.05) is 6.07 Å². The summed E-state index contributed by atoms with van der Waals surface area (Å²) in [7, 11) is 1.57. The zero-order valence-corrected chi connectivity index (χ0v) is 13.7. The zero-order chi connectivity index (χ0) is 17.6. The summed E-state index contributed by atoms with van der Waals surface area (Å²) in [5.41, 5.74) is 1.84. The van der Waals surface area contributed by atoms with Crippen molar-refractivity contribution >= 4 is 11.6 Å². The van der Waals surface area contributed by atoms with Crippen LogP contribution in [0.1, 0.15) is 15.9 Å². The molecule has 2 aromatic carbocycles. The van der Waals surface area contributed by atoms with Crippen LogP contribution in [0.4, 0.5) is 10.1 Å². The highest BCUT2D eigenvalue weighted by Gasteiger charge is 2.19. The van der Waals surface area contributed by atoms with Crippen LogP contribution in [-0.2, 0) is 6.54 Å². The lowest BCUT2D eigenvalue weighted by Crippen LogP contribution is -2.30. The van der Waals surface area contributed by atoms with E-state index < -0.39 is 5.82 Å². The Kier molecular flexibility index (Phi) is 5.04. The van der Waals surface area contributed by atoms with Crippen molar-refractivity contribution in [1.82, 2.24) is 4.98 Å². The van der Waals surface area contributed by atoms with Crippen LogP contribution in [0.2, 0.25) is 0 Å². The number of pyridine rings is 1. The number of methoxy groups -OCH3 is 1. The van der Waals surface area contributed by atoms with Crippen LogP contribution in [-0.4, -0.2) is 18.0 Å². The Hall–Kier alpha value is -3.21. The summed E-state index contributed by atoms with van der Waals surface area (Å²) in [5, 5.41) is 0. The Bertz CT molecular complexity index is 851. The summed E-state index contributed by atoms with van der Waals surface area (Å²) in [6.07, 6.45) is 3.36. The van der Waals surface area contributed by atoms with Gasteiger partial charge in [-0.25, -0.2) is 4.39 Å². The molecular weight excluding hydrogens is 319 g/mol. The molecule has 1 amide bonds. The SMILES string of the molecule is COc1ccc(C(=O)N(Cc2cccnc2)c2cccc(F)c2)cc1. The minimum absolute atomic E-state index is 0.225. The fourth-order valence-electron chi connectivity index (χ4n) is 2.49. The standard InChI is InChI=1S/C20H17FN2O2/c1-25-19-9-7-16(8-10-19)20(24)23(14-15-4-3-11-22-13-15)18-6-2-5-17(21)12-18/h2-13H,14H2,1H3. The number of aromatic nitrogens is 1. The zero-order valence-electron chi connectivity index (χ0n) is 13.7. The number of halogens is 1. The minimum atomic E-state index is -0.392. The Balaban J connectivity index is 1.95. The first-order chi connectivity index (χ1) is 12.2. The molecule has 0 atom stereocenters. The van der Waals surface area contributed by atoms with Crippen LogP contribution in [0.5, 0.6) is 5.75 Å². The van der Waals surface area contributed by atoms with E-state index in [9.17, 15) is 9.18 Å². The van der Waals surface area contributed by atoms with E-state index in [0.717, 1.165) is 5.56 Å². The predicted octanol–water partition coefficient (Wildman–Crippen LogP) is 4.08. The summed E-state index contributed by atoms with van der Waals surface area (Å²) in [6, 6.07) is 16.5. The van der Waals surface area contributed by atoms with Gasteiger partial charge >= 0.3 is 0 Å². The van der Waals surface area contributed by atoms with Crippen LogP contribution < -0.4 is 9.64 Å². The molecule has 25 heavy (non-hydrogen) atoms. The summed E-state index contributed by atoms with van der Waals surface area (Å²) >= 11 is 0. The smallest absolute Gasteiger partial charge is 0.258 e. The normalized spacial score (nSPS) is 10.3. The van der Waals surface area contributed by atoms with E-state index in [4.69, 9.17) is 4.74 Å². The molecule has 1 aromatic heterocycles. The van der Waals surface area contributed by atoms with Gasteiger partial charge < -0.3 is 9.64 Å². The molecule has 0 fully saturated rings. The van der Waals surface area contributed by atoms with Crippen molar-refractivity contribution in [2.75, 3.05) is 12.0 Å². The van der Waals surface area contributed by atoms with Gasteiger partial charge in [-0.15, -0.1) is 0 Å². The average molecular weight is 336 g/mol. The van der Waals surface area contributed by atoms with E-state index in [1.54, 1.807) is 62.0 Å². The van der Waals surface area contributed by atoms with Crippen molar-refractivity contribution in [1.29, 1.82) is 0 Å². The molecule has 3 rings (SSSR count). The van der Waals surface area contributed by atoms with Gasteiger partial charge in [0, 0.05) is 23.6 Å². The number of ether oxygens (including phenoxy) is 1. The second kappa shape index (κ2) is 7.57. The molecule has 0 aliphatic heterocycles. The van der Waals surface area contributed by atoms with Gasteiger partial charge in [0.15, 0.2) is 0 Å². The lowest BCUT2D eigenvalue weighted by atomic mass is 10.1. The Morgan fingerprint density at radius 3 is 2.56 bits per heavy atom. The first-order valence-electron chi connectivity index (χ1n) is 7.78. The molecule has 0 spiro atoms. The average Bonchev–Trinajstić information content (AvgIpc) is 2.66. The third-order valence-electron chi connectivity index (χ3n) is 3.77. The number of rotatable bonds is 5. The fourth-order valence-corrected chi connectivity index (χ4v) is 2.49. The number of carbonyl (C=O) groups excluding carboxylic acids is 1. The van der Waals surface area contributed by atoms with Crippen LogP contribution in [0.15, 0.2) is 73.1 Å². The molecule has 4 nitrogen and oxygen atoms in total. The molecule has 0 saturated heterocycles. The maximum absolute atomic E-state index is 13.7. The molecule has 0 unspecified atom stereocenters. The highest BCUT2D eigenvalue weighted by atomic mass is 19.1. The second-order valence-electron chi connectivity index (χ2n) is 5.46. The molecule has 0 bridgehead atoms. The number of amides is 1. The molecule has 0 aliphatic rings. The summed E-state index contributed by atoms with van der Waals surface area (Å²) in [6.45, 7) is 0.294. The number of carbonyl (C=O) groups is 1. The first-order valence-corrected chi connectivity index (χ1v) is 7.78. The fraction of sp³-hybridized carbons (Fsp3) is 0.100. The minimum Gasteiger partial charge on any atom is -0.497 e. The quantitative estimate of drug-likeness (QED) is 0.705. The summed E-state index contributed by atoms with van der Waals surface area (Å²) in [4.78, 5) is 18.6. The molecule has 0 radical (unpaired) electrons. The van der Waals surface area contributed by atoms with Gasteiger partial charge in [-0.2, -0.15) is 0 Å². The predicted molar refractivity (Wildman–Crippen MR) is 94.1 cm³/mol. The lowest BCUT2D eigenvalue weighted by Gasteiger charge is -2.23.